The lowest BCUT2D eigenvalue weighted by atomic mass is 10.2. The largest absolute Gasteiger partial charge is 0.346 e. The van der Waals surface area contributed by atoms with Gasteiger partial charge in [-0.05, 0) is 31.2 Å². The molecule has 0 aliphatic heterocycles. The summed E-state index contributed by atoms with van der Waals surface area (Å²) in [6.45, 7) is 2.35. The zero-order valence-electron chi connectivity index (χ0n) is 13.9. The Morgan fingerprint density at radius 2 is 2.27 bits per heavy atom. The van der Waals surface area contributed by atoms with E-state index in [0.717, 1.165) is 16.1 Å². The second-order valence-electron chi connectivity index (χ2n) is 5.59. The van der Waals surface area contributed by atoms with Gasteiger partial charge in [-0.25, -0.2) is 14.6 Å². The van der Waals surface area contributed by atoms with Crippen LogP contribution in [0.25, 0.3) is 16.4 Å². The molecule has 130 valence electrons. The van der Waals surface area contributed by atoms with Crippen molar-refractivity contribution in [3.8, 4) is 16.4 Å². The van der Waals surface area contributed by atoms with Gasteiger partial charge in [0.1, 0.15) is 12.7 Å². The van der Waals surface area contributed by atoms with Gasteiger partial charge in [0, 0.05) is 23.2 Å². The monoisotopic (exact) mass is 365 g/mol. The summed E-state index contributed by atoms with van der Waals surface area (Å²) in [6.07, 6.45) is 4.68. The molecule has 0 aliphatic carbocycles. The molecule has 8 nitrogen and oxygen atoms in total. The number of nitrogens with one attached hydrogen (secondary N) is 2. The van der Waals surface area contributed by atoms with Crippen molar-refractivity contribution >= 4 is 17.2 Å². The van der Waals surface area contributed by atoms with Crippen LogP contribution in [-0.2, 0) is 6.54 Å². The smallest absolute Gasteiger partial charge is 0.272 e. The summed E-state index contributed by atoms with van der Waals surface area (Å²) >= 11 is 1.65. The van der Waals surface area contributed by atoms with Gasteiger partial charge in [0.2, 0.25) is 0 Å². The van der Waals surface area contributed by atoms with Crippen molar-refractivity contribution in [2.75, 3.05) is 0 Å². The third kappa shape index (κ3) is 3.24. The number of H-pyrrole nitrogens is 1. The number of hydrogen-bond donors (Lipinski definition) is 2. The van der Waals surface area contributed by atoms with Crippen LogP contribution in [0.1, 0.15) is 20.9 Å². The standard InChI is InChI=1S/C17H15N7OS/c1-11-4-5-15(26-11)13-7-14(23-22-13)17(25)20-8-12-3-2-6-19-16(12)24-10-18-9-21-24/h2-7,9-10H,8H2,1H3,(H,20,25)(H,22,23). The van der Waals surface area contributed by atoms with E-state index in [0.29, 0.717) is 18.1 Å². The number of rotatable bonds is 5. The van der Waals surface area contributed by atoms with Crippen LogP contribution >= 0.6 is 11.3 Å². The number of aromatic amines is 1. The van der Waals surface area contributed by atoms with E-state index in [9.17, 15) is 4.79 Å². The quantitative estimate of drug-likeness (QED) is 0.565. The van der Waals surface area contributed by atoms with Crippen LogP contribution in [-0.4, -0.2) is 35.9 Å². The van der Waals surface area contributed by atoms with Crippen molar-refractivity contribution in [1.29, 1.82) is 0 Å². The number of nitrogens with zero attached hydrogens (tertiary/aromatic N) is 5. The molecule has 0 fully saturated rings. The zero-order valence-corrected chi connectivity index (χ0v) is 14.7. The minimum absolute atomic E-state index is 0.255. The van der Waals surface area contributed by atoms with Crippen LogP contribution in [0.2, 0.25) is 0 Å². The summed E-state index contributed by atoms with van der Waals surface area (Å²) in [6, 6.07) is 9.49. The number of thiophene rings is 1. The fraction of sp³-hybridized carbons (Fsp3) is 0.118. The molecule has 4 rings (SSSR count). The lowest BCUT2D eigenvalue weighted by Gasteiger charge is -2.08. The highest BCUT2D eigenvalue weighted by Gasteiger charge is 2.14. The number of hydrogen-bond acceptors (Lipinski definition) is 6. The molecule has 4 aromatic rings. The Hall–Kier alpha value is -3.33. The summed E-state index contributed by atoms with van der Waals surface area (Å²) in [7, 11) is 0. The van der Waals surface area contributed by atoms with Gasteiger partial charge >= 0.3 is 0 Å². The Bertz CT molecular complexity index is 1040. The molecule has 0 radical (unpaired) electrons. The minimum Gasteiger partial charge on any atom is -0.346 e. The Morgan fingerprint density at radius 3 is 3.04 bits per heavy atom. The maximum Gasteiger partial charge on any atom is 0.272 e. The molecule has 2 N–H and O–H groups in total. The van der Waals surface area contributed by atoms with Gasteiger partial charge in [-0.15, -0.1) is 11.3 Å². The van der Waals surface area contributed by atoms with Gasteiger partial charge in [-0.2, -0.15) is 10.2 Å². The van der Waals surface area contributed by atoms with E-state index in [1.54, 1.807) is 34.6 Å². The molecule has 0 saturated heterocycles. The van der Waals surface area contributed by atoms with E-state index >= 15 is 0 Å². The average Bonchev–Trinajstić information content (AvgIpc) is 3.40. The molecule has 0 bridgehead atoms. The second-order valence-corrected chi connectivity index (χ2v) is 6.87. The topological polar surface area (TPSA) is 101 Å². The fourth-order valence-electron chi connectivity index (χ4n) is 2.50. The van der Waals surface area contributed by atoms with Gasteiger partial charge in [0.15, 0.2) is 11.5 Å². The molecule has 0 aliphatic rings. The van der Waals surface area contributed by atoms with Crippen molar-refractivity contribution in [3.63, 3.8) is 0 Å². The van der Waals surface area contributed by atoms with Crippen molar-refractivity contribution in [2.24, 2.45) is 0 Å². The third-order valence-electron chi connectivity index (χ3n) is 3.76. The van der Waals surface area contributed by atoms with E-state index in [1.165, 1.54) is 11.2 Å². The van der Waals surface area contributed by atoms with Crippen LogP contribution in [0.15, 0.2) is 49.2 Å². The molecule has 0 saturated carbocycles. The molecule has 0 aromatic carbocycles. The molecule has 0 unspecified atom stereocenters. The van der Waals surface area contributed by atoms with Crippen LogP contribution in [0.5, 0.6) is 0 Å². The highest BCUT2D eigenvalue weighted by molar-refractivity contribution is 7.15. The molecule has 0 atom stereocenters. The van der Waals surface area contributed by atoms with Gasteiger partial charge in [0.25, 0.3) is 5.91 Å². The van der Waals surface area contributed by atoms with Crippen LogP contribution in [0, 0.1) is 6.92 Å². The molecule has 4 heterocycles. The summed E-state index contributed by atoms with van der Waals surface area (Å²) in [4.78, 5) is 22.9. The molecular weight excluding hydrogens is 350 g/mol. The maximum atomic E-state index is 12.4. The van der Waals surface area contributed by atoms with E-state index < -0.39 is 0 Å². The summed E-state index contributed by atoms with van der Waals surface area (Å²) in [5, 5.41) is 14.0. The van der Waals surface area contributed by atoms with Crippen LogP contribution in [0.4, 0.5) is 0 Å². The number of aryl methyl sites for hydroxylation is 1. The first-order chi connectivity index (χ1) is 12.7. The summed E-state index contributed by atoms with van der Waals surface area (Å²) in [5.41, 5.74) is 2.01. The van der Waals surface area contributed by atoms with Crippen molar-refractivity contribution in [2.45, 2.75) is 13.5 Å². The minimum atomic E-state index is -0.255. The van der Waals surface area contributed by atoms with Gasteiger partial charge in [-0.1, -0.05) is 6.07 Å². The van der Waals surface area contributed by atoms with Crippen molar-refractivity contribution in [3.05, 3.63) is 65.3 Å². The third-order valence-corrected chi connectivity index (χ3v) is 4.79. The predicted octanol–water partition coefficient (Wildman–Crippen LogP) is 2.35. The first-order valence-electron chi connectivity index (χ1n) is 7.90. The first-order valence-corrected chi connectivity index (χ1v) is 8.71. The van der Waals surface area contributed by atoms with E-state index in [4.69, 9.17) is 0 Å². The molecule has 9 heteroatoms. The fourth-order valence-corrected chi connectivity index (χ4v) is 3.34. The summed E-state index contributed by atoms with van der Waals surface area (Å²) < 4.78 is 1.56. The molecule has 26 heavy (non-hydrogen) atoms. The number of aromatic nitrogens is 6. The van der Waals surface area contributed by atoms with E-state index in [1.807, 2.05) is 31.2 Å². The number of pyridine rings is 1. The van der Waals surface area contributed by atoms with E-state index in [-0.39, 0.29) is 5.91 Å². The van der Waals surface area contributed by atoms with Crippen molar-refractivity contribution in [1.82, 2.24) is 35.3 Å². The average molecular weight is 365 g/mol. The Morgan fingerprint density at radius 1 is 1.35 bits per heavy atom. The lowest BCUT2D eigenvalue weighted by molar-refractivity contribution is 0.0946. The highest BCUT2D eigenvalue weighted by Crippen LogP contribution is 2.26. The molecule has 4 aromatic heterocycles. The summed E-state index contributed by atoms with van der Waals surface area (Å²) in [5.74, 6) is 0.372. The Kier molecular flexibility index (Phi) is 4.28. The Balaban J connectivity index is 1.48. The van der Waals surface area contributed by atoms with Crippen LogP contribution in [0.3, 0.4) is 0 Å². The zero-order chi connectivity index (χ0) is 17.9. The molecule has 1 amide bonds. The maximum absolute atomic E-state index is 12.4. The second kappa shape index (κ2) is 6.89. The van der Waals surface area contributed by atoms with E-state index in [2.05, 4.69) is 30.6 Å². The van der Waals surface area contributed by atoms with Crippen molar-refractivity contribution < 1.29 is 4.79 Å². The number of amides is 1. The normalized spacial score (nSPS) is 10.8. The lowest BCUT2D eigenvalue weighted by Crippen LogP contribution is -2.24. The van der Waals surface area contributed by atoms with Gasteiger partial charge < -0.3 is 5.32 Å². The SMILES string of the molecule is Cc1ccc(-c2cc(C(=O)NCc3cccnc3-n3cncn3)n[nH]2)s1. The first kappa shape index (κ1) is 16.2. The highest BCUT2D eigenvalue weighted by atomic mass is 32.1. The van der Waals surface area contributed by atoms with Gasteiger partial charge in [0.05, 0.1) is 10.6 Å². The van der Waals surface area contributed by atoms with Gasteiger partial charge in [-0.3, -0.25) is 9.89 Å². The molecule has 0 spiro atoms. The number of carbonyl (C=O) groups excluding carboxylic acids is 1. The predicted molar refractivity (Wildman–Crippen MR) is 97.0 cm³/mol. The Labute approximate surface area is 152 Å². The number of carbonyl (C=O) groups is 1. The van der Waals surface area contributed by atoms with Crippen LogP contribution < -0.4 is 5.32 Å². The molecular formula is C17H15N7OS.